The zero-order valence-corrected chi connectivity index (χ0v) is 21.0. The lowest BCUT2D eigenvalue weighted by Crippen LogP contribution is -1.98. The molecular weight excluding hydrogens is 498 g/mol. The molecule has 0 fully saturated rings. The molecule has 36 heavy (non-hydrogen) atoms. The third kappa shape index (κ3) is 4.86. The molecule has 2 aromatic heterocycles. The van der Waals surface area contributed by atoms with Crippen molar-refractivity contribution >= 4 is 38.2 Å². The minimum absolute atomic E-state index is 0.200. The lowest BCUT2D eigenvalue weighted by molar-refractivity contribution is 0.0697. The minimum atomic E-state index is -3.26. The van der Waals surface area contributed by atoms with Gasteiger partial charge < -0.3 is 14.8 Å². The number of carboxylic acid groups (broad SMARTS) is 1. The van der Waals surface area contributed by atoms with E-state index < -0.39 is 15.8 Å². The SMILES string of the molecule is Cc1nc(-c2ccc(S(C)(=O)=O)cc2)c(COc2ccc(-c3nc4ccc(C(=O)O)cc4[nH]3)cc2)s1. The molecule has 0 aliphatic heterocycles. The Morgan fingerprint density at radius 3 is 2.36 bits per heavy atom. The van der Waals surface area contributed by atoms with E-state index in [1.807, 2.05) is 31.2 Å². The maximum absolute atomic E-state index is 11.7. The number of aromatic nitrogens is 3. The normalized spacial score (nSPS) is 11.6. The number of ether oxygens (including phenoxy) is 1. The van der Waals surface area contributed by atoms with E-state index in [9.17, 15) is 18.3 Å². The van der Waals surface area contributed by atoms with Crippen molar-refractivity contribution in [3.8, 4) is 28.4 Å². The number of nitrogens with zero attached hydrogens (tertiary/aromatic N) is 2. The van der Waals surface area contributed by atoms with Crippen molar-refractivity contribution < 1.29 is 23.1 Å². The third-order valence-electron chi connectivity index (χ3n) is 5.59. The van der Waals surface area contributed by atoms with Crippen LogP contribution in [0.25, 0.3) is 33.7 Å². The van der Waals surface area contributed by atoms with E-state index in [0.29, 0.717) is 29.2 Å². The van der Waals surface area contributed by atoms with Crippen molar-refractivity contribution in [3.63, 3.8) is 0 Å². The number of carbonyl (C=O) groups is 1. The van der Waals surface area contributed by atoms with E-state index in [1.54, 1.807) is 36.4 Å². The molecule has 0 radical (unpaired) electrons. The lowest BCUT2D eigenvalue weighted by atomic mass is 10.1. The van der Waals surface area contributed by atoms with E-state index >= 15 is 0 Å². The van der Waals surface area contributed by atoms with E-state index in [1.165, 1.54) is 23.7 Å². The van der Waals surface area contributed by atoms with Crippen molar-refractivity contribution in [1.82, 2.24) is 15.0 Å². The average Bonchev–Trinajstić information content (AvgIpc) is 3.45. The zero-order valence-electron chi connectivity index (χ0n) is 19.3. The highest BCUT2D eigenvalue weighted by molar-refractivity contribution is 7.90. The van der Waals surface area contributed by atoms with E-state index in [4.69, 9.17) is 4.74 Å². The molecule has 0 atom stereocenters. The molecule has 8 nitrogen and oxygen atoms in total. The van der Waals surface area contributed by atoms with Crippen LogP contribution in [-0.4, -0.2) is 40.7 Å². The van der Waals surface area contributed by atoms with Crippen LogP contribution in [0, 0.1) is 6.92 Å². The summed E-state index contributed by atoms with van der Waals surface area (Å²) in [4.78, 5) is 24.7. The second-order valence-electron chi connectivity index (χ2n) is 8.24. The van der Waals surface area contributed by atoms with Crippen LogP contribution in [0.2, 0.25) is 0 Å². The van der Waals surface area contributed by atoms with Crippen molar-refractivity contribution in [2.45, 2.75) is 18.4 Å². The molecule has 10 heteroatoms. The quantitative estimate of drug-likeness (QED) is 0.297. The number of H-pyrrole nitrogens is 1. The number of carboxylic acids is 1. The van der Waals surface area contributed by atoms with E-state index in [-0.39, 0.29) is 10.5 Å². The van der Waals surface area contributed by atoms with Gasteiger partial charge in [-0.05, 0) is 61.5 Å². The molecule has 5 aromatic rings. The Labute approximate surface area is 211 Å². The van der Waals surface area contributed by atoms with Gasteiger partial charge in [0.15, 0.2) is 9.84 Å². The van der Waals surface area contributed by atoms with Crippen LogP contribution in [0.5, 0.6) is 5.75 Å². The summed E-state index contributed by atoms with van der Waals surface area (Å²) < 4.78 is 29.5. The summed E-state index contributed by atoms with van der Waals surface area (Å²) in [7, 11) is -3.26. The maximum Gasteiger partial charge on any atom is 0.335 e. The first-order valence-corrected chi connectivity index (χ1v) is 13.6. The Bertz CT molecular complexity index is 1690. The molecule has 2 heterocycles. The van der Waals surface area contributed by atoms with Crippen LogP contribution in [0.1, 0.15) is 20.2 Å². The fourth-order valence-corrected chi connectivity index (χ4v) is 5.29. The third-order valence-corrected chi connectivity index (χ3v) is 7.66. The number of sulfone groups is 1. The van der Waals surface area contributed by atoms with Gasteiger partial charge in [0.05, 0.1) is 37.1 Å². The number of benzene rings is 3. The highest BCUT2D eigenvalue weighted by Crippen LogP contribution is 2.30. The smallest absolute Gasteiger partial charge is 0.335 e. The summed E-state index contributed by atoms with van der Waals surface area (Å²) in [6.07, 6.45) is 1.18. The van der Waals surface area contributed by atoms with Gasteiger partial charge in [0, 0.05) is 17.4 Å². The maximum atomic E-state index is 11.7. The summed E-state index contributed by atoms with van der Waals surface area (Å²) in [5.74, 6) is 0.323. The molecule has 0 unspecified atom stereocenters. The van der Waals surface area contributed by atoms with Crippen LogP contribution in [0.3, 0.4) is 0 Å². The number of nitrogens with one attached hydrogen (secondary N) is 1. The molecule has 0 bridgehead atoms. The number of aryl methyl sites for hydroxylation is 1. The van der Waals surface area contributed by atoms with E-state index in [0.717, 1.165) is 26.7 Å². The molecule has 0 saturated carbocycles. The van der Waals surface area contributed by atoms with Crippen molar-refractivity contribution in [3.05, 3.63) is 82.2 Å². The zero-order chi connectivity index (χ0) is 25.4. The van der Waals surface area contributed by atoms with E-state index in [2.05, 4.69) is 15.0 Å². The first-order chi connectivity index (χ1) is 17.2. The first-order valence-electron chi connectivity index (χ1n) is 10.9. The second kappa shape index (κ2) is 9.21. The Balaban J connectivity index is 1.32. The van der Waals surface area contributed by atoms with Gasteiger partial charge in [-0.15, -0.1) is 11.3 Å². The van der Waals surface area contributed by atoms with Gasteiger partial charge >= 0.3 is 5.97 Å². The number of hydrogen-bond acceptors (Lipinski definition) is 7. The predicted octanol–water partition coefficient (Wildman–Crippen LogP) is 5.34. The number of imidazole rings is 1. The van der Waals surface area contributed by atoms with Gasteiger partial charge in [-0.1, -0.05) is 12.1 Å². The summed E-state index contributed by atoms with van der Waals surface area (Å²) >= 11 is 1.53. The molecular formula is C26H21N3O5S2. The Morgan fingerprint density at radius 2 is 1.69 bits per heavy atom. The summed E-state index contributed by atoms with van der Waals surface area (Å²) in [5.41, 5.74) is 3.99. The molecule has 2 N–H and O–H groups in total. The van der Waals surface area contributed by atoms with Gasteiger partial charge in [-0.2, -0.15) is 0 Å². The Morgan fingerprint density at radius 1 is 1.00 bits per heavy atom. The number of fused-ring (bicyclic) bond motifs is 1. The molecule has 0 aliphatic rings. The molecule has 0 amide bonds. The molecule has 0 spiro atoms. The second-order valence-corrected chi connectivity index (χ2v) is 11.5. The number of aromatic amines is 1. The highest BCUT2D eigenvalue weighted by atomic mass is 32.2. The van der Waals surface area contributed by atoms with Crippen LogP contribution >= 0.6 is 11.3 Å². The summed E-state index contributed by atoms with van der Waals surface area (Å²) in [5, 5.41) is 10.1. The molecule has 0 aliphatic carbocycles. The minimum Gasteiger partial charge on any atom is -0.488 e. The predicted molar refractivity (Wildman–Crippen MR) is 138 cm³/mol. The van der Waals surface area contributed by atoms with Gasteiger partial charge in [0.25, 0.3) is 0 Å². The summed E-state index contributed by atoms with van der Waals surface area (Å²) in [6.45, 7) is 2.24. The van der Waals surface area contributed by atoms with Gasteiger partial charge in [-0.3, -0.25) is 0 Å². The topological polar surface area (TPSA) is 122 Å². The number of aromatic carboxylic acids is 1. The van der Waals surface area contributed by atoms with Crippen LogP contribution < -0.4 is 4.74 Å². The Kier molecular flexibility index (Phi) is 6.07. The first kappa shape index (κ1) is 23.7. The summed E-state index contributed by atoms with van der Waals surface area (Å²) in [6, 6.07) is 18.9. The van der Waals surface area contributed by atoms with Gasteiger partial charge in [0.1, 0.15) is 18.2 Å². The molecule has 0 saturated heterocycles. The fourth-order valence-electron chi connectivity index (χ4n) is 3.79. The number of thiazole rings is 1. The van der Waals surface area contributed by atoms with Crippen molar-refractivity contribution in [2.75, 3.05) is 6.26 Å². The fraction of sp³-hybridized carbons (Fsp3) is 0.115. The number of rotatable bonds is 7. The monoisotopic (exact) mass is 519 g/mol. The van der Waals surface area contributed by atoms with Crippen LogP contribution in [0.4, 0.5) is 0 Å². The van der Waals surface area contributed by atoms with Crippen molar-refractivity contribution in [2.24, 2.45) is 0 Å². The standard InChI is InChI=1S/C26H21N3O5S2/c1-15-27-24(16-5-10-20(11-6-16)36(2,32)33)23(35-15)14-34-19-8-3-17(4-9-19)25-28-21-12-7-18(26(30)31)13-22(21)29-25/h3-13H,14H2,1-2H3,(H,28,29)(H,30,31). The Hall–Kier alpha value is -4.02. The lowest BCUT2D eigenvalue weighted by Gasteiger charge is -2.08. The van der Waals surface area contributed by atoms with Crippen LogP contribution in [0.15, 0.2) is 71.6 Å². The molecule has 182 valence electrons. The highest BCUT2D eigenvalue weighted by Gasteiger charge is 2.14. The molecule has 3 aromatic carbocycles. The molecule has 5 rings (SSSR count). The van der Waals surface area contributed by atoms with Crippen LogP contribution in [-0.2, 0) is 16.4 Å². The largest absolute Gasteiger partial charge is 0.488 e. The van der Waals surface area contributed by atoms with Crippen molar-refractivity contribution in [1.29, 1.82) is 0 Å². The average molecular weight is 520 g/mol. The van der Waals surface area contributed by atoms with Gasteiger partial charge in [-0.25, -0.2) is 23.2 Å². The number of hydrogen-bond donors (Lipinski definition) is 2. The van der Waals surface area contributed by atoms with Gasteiger partial charge in [0.2, 0.25) is 0 Å².